The normalized spacial score (nSPS) is 22.7. The van der Waals surface area contributed by atoms with Crippen molar-refractivity contribution in [3.05, 3.63) is 85.0 Å². The van der Waals surface area contributed by atoms with Gasteiger partial charge in [-0.25, -0.2) is 0 Å². The molecule has 0 radical (unpaired) electrons. The molecule has 294 valence electrons. The second-order valence-electron chi connectivity index (χ2n) is 16.2. The number of ether oxygens (including phenoxy) is 4. The fourth-order valence-corrected chi connectivity index (χ4v) is 29.1. The molecular weight excluding hydrogens is 787 g/mol. The molecule has 0 spiro atoms. The third-order valence-electron chi connectivity index (χ3n) is 11.3. The molecule has 0 saturated carbocycles. The average Bonchev–Trinajstić information content (AvgIpc) is 3.32. The van der Waals surface area contributed by atoms with Gasteiger partial charge in [-0.15, -0.1) is 0 Å². The Kier molecular flexibility index (Phi) is 17.8. The molecule has 2 aliphatic rings. The Morgan fingerprint density at radius 2 is 1.32 bits per heavy atom. The number of hydrogen-bond donors (Lipinski definition) is 1. The van der Waals surface area contributed by atoms with E-state index in [0.717, 1.165) is 6.42 Å². The Morgan fingerprint density at radius 3 is 1.81 bits per heavy atom. The van der Waals surface area contributed by atoms with Gasteiger partial charge in [-0.2, -0.15) is 0 Å². The second-order valence-corrected chi connectivity index (χ2v) is 34.8. The van der Waals surface area contributed by atoms with Crippen LogP contribution in [0.25, 0.3) is 0 Å². The first-order valence-electron chi connectivity index (χ1n) is 20.3. The van der Waals surface area contributed by atoms with Gasteiger partial charge in [0.15, 0.2) is 0 Å². The molecule has 0 saturated heterocycles. The molecule has 0 aliphatic carbocycles. The summed E-state index contributed by atoms with van der Waals surface area (Å²) in [7, 11) is -1.04. The number of methoxy groups -OCH3 is 1. The van der Waals surface area contributed by atoms with Gasteiger partial charge in [0, 0.05) is 0 Å². The van der Waals surface area contributed by atoms with Crippen LogP contribution < -0.4 is 10.4 Å². The molecule has 53 heavy (non-hydrogen) atoms. The third-order valence-corrected chi connectivity index (χ3v) is 32.2. The molecule has 0 bridgehead atoms. The zero-order valence-corrected chi connectivity index (χ0v) is 37.5. The van der Waals surface area contributed by atoms with E-state index < -0.39 is 63.4 Å². The Morgan fingerprint density at radius 1 is 0.792 bits per heavy atom. The summed E-state index contributed by atoms with van der Waals surface area (Å²) in [6.07, 6.45) is 13.5. The van der Waals surface area contributed by atoms with Crippen LogP contribution in [-0.2, 0) is 28.2 Å². The number of fused-ring (bicyclic) bond motifs is 1. The molecule has 0 aromatic heterocycles. The molecule has 1 N–H and O–H groups in total. The van der Waals surface area contributed by atoms with Gasteiger partial charge in [-0.05, 0) is 15.4 Å². The predicted molar refractivity (Wildman–Crippen MR) is 221 cm³/mol. The van der Waals surface area contributed by atoms with Crippen LogP contribution in [0.15, 0.2) is 85.0 Å². The first-order chi connectivity index (χ1) is 25.5. The van der Waals surface area contributed by atoms with Crippen molar-refractivity contribution >= 4 is 43.0 Å². The summed E-state index contributed by atoms with van der Waals surface area (Å²) in [4.78, 5) is 12.1. The van der Waals surface area contributed by atoms with Crippen molar-refractivity contribution in [3.63, 3.8) is 0 Å². The molecule has 2 aromatic rings. The van der Waals surface area contributed by atoms with Crippen LogP contribution in [0.3, 0.4) is 0 Å². The number of hydrogen-bond acceptors (Lipinski definition) is 6. The van der Waals surface area contributed by atoms with E-state index in [9.17, 15) is 9.90 Å². The van der Waals surface area contributed by atoms with Crippen molar-refractivity contribution in [1.29, 1.82) is 0 Å². The van der Waals surface area contributed by atoms with E-state index in [2.05, 4.69) is 102 Å². The van der Waals surface area contributed by atoms with Crippen molar-refractivity contribution in [2.45, 2.75) is 153 Å². The number of aliphatic carboxylic acids is 1. The van der Waals surface area contributed by atoms with Gasteiger partial charge in [0.2, 0.25) is 0 Å². The van der Waals surface area contributed by atoms with Crippen molar-refractivity contribution in [2.24, 2.45) is 0 Å². The SMILES string of the molecule is CCC[CH2][Sn]([CH2]CCC)([CH2]CCC)[CH2]CC(OC)O[C@@H]1C=C[C@@H]2O[C@H](CO[Si](c3ccccc3)(c3ccccc3)C(C)(C)C)C=C[C@H]2O[C@H]1CC(=O)O. The summed E-state index contributed by atoms with van der Waals surface area (Å²) < 4.78 is 38.5. The summed E-state index contributed by atoms with van der Waals surface area (Å²) in [5, 5.41) is 12.2. The van der Waals surface area contributed by atoms with Gasteiger partial charge in [0.05, 0.1) is 0 Å². The van der Waals surface area contributed by atoms with Crippen molar-refractivity contribution < 1.29 is 33.3 Å². The molecule has 2 aromatic carbocycles. The molecule has 2 heterocycles. The topological polar surface area (TPSA) is 83.5 Å². The van der Waals surface area contributed by atoms with Crippen molar-refractivity contribution in [1.82, 2.24) is 0 Å². The van der Waals surface area contributed by atoms with Gasteiger partial charge in [0.1, 0.15) is 0 Å². The molecule has 0 amide bonds. The van der Waals surface area contributed by atoms with Crippen molar-refractivity contribution in [3.8, 4) is 0 Å². The van der Waals surface area contributed by atoms with E-state index in [4.69, 9.17) is 23.4 Å². The summed E-state index contributed by atoms with van der Waals surface area (Å²) in [6, 6.07) is 21.3. The number of unbranched alkanes of at least 4 members (excludes halogenated alkanes) is 3. The summed E-state index contributed by atoms with van der Waals surface area (Å²) in [5.74, 6) is -0.921. The Bertz CT molecular complexity index is 1350. The standard InChI is InChI=1S/C32H41O7Si.3C4H9.Sn/c1-6-31(35-5)39-28-20-19-26-27(38-29(28)21-30(33)34)18-17-23(37-26)22-36-40(32(2,3)4,24-13-9-7-10-14-24)25-15-11-8-12-16-25;3*1-3-4-2;/h7-20,23,26-29,31H,1,6,21-22H2,2-5H3,(H,33,34);3*1,3-4H2,2H3;/t23-,26-,27+,28+,29-,31?;;;;/m0..../s1. The van der Waals surface area contributed by atoms with E-state index in [1.807, 2.05) is 24.3 Å². The number of benzene rings is 2. The first-order valence-corrected chi connectivity index (χ1v) is 30.3. The van der Waals surface area contributed by atoms with Gasteiger partial charge in [0.25, 0.3) is 8.32 Å². The van der Waals surface area contributed by atoms with Crippen LogP contribution >= 0.6 is 0 Å². The fourth-order valence-electron chi connectivity index (χ4n) is 8.35. The van der Waals surface area contributed by atoms with Crippen molar-refractivity contribution in [2.75, 3.05) is 13.7 Å². The zero-order chi connectivity index (χ0) is 38.3. The van der Waals surface area contributed by atoms with E-state index in [1.54, 1.807) is 7.11 Å². The van der Waals surface area contributed by atoms with Crippen LogP contribution in [-0.4, -0.2) is 88.3 Å². The minimum absolute atomic E-state index is 0.153. The second kappa shape index (κ2) is 21.5. The summed E-state index contributed by atoms with van der Waals surface area (Å²) in [6.45, 7) is 14.1. The Hall–Kier alpha value is -1.79. The molecule has 4 rings (SSSR count). The quantitative estimate of drug-likeness (QED) is 0.0719. The summed E-state index contributed by atoms with van der Waals surface area (Å²) in [5.41, 5.74) is 0. The van der Waals surface area contributed by atoms with E-state index in [-0.39, 0.29) is 17.6 Å². The van der Waals surface area contributed by atoms with Gasteiger partial charge >= 0.3 is 222 Å². The van der Waals surface area contributed by atoms with E-state index >= 15 is 0 Å². The number of carboxylic acid groups (broad SMARTS) is 1. The van der Waals surface area contributed by atoms with E-state index in [0.29, 0.717) is 6.61 Å². The first kappa shape index (κ1) is 43.9. The van der Waals surface area contributed by atoms with E-state index in [1.165, 1.54) is 66.6 Å². The predicted octanol–water partition coefficient (Wildman–Crippen LogP) is 9.28. The van der Waals surface area contributed by atoms with Crippen LogP contribution in [0.1, 0.15) is 92.9 Å². The fraction of sp³-hybridized carbons (Fsp3) is 0.614. The number of carbonyl (C=O) groups is 1. The molecule has 2 aliphatic heterocycles. The maximum absolute atomic E-state index is 12.1. The minimum atomic E-state index is -2.75. The zero-order valence-electron chi connectivity index (χ0n) is 33.6. The summed E-state index contributed by atoms with van der Waals surface area (Å²) >= 11 is -2.42. The molecular formula is C44H68O7SiSn. The number of carboxylic acids is 1. The third kappa shape index (κ3) is 12.1. The van der Waals surface area contributed by atoms with Gasteiger partial charge in [-0.3, -0.25) is 0 Å². The Labute approximate surface area is 325 Å². The average molecular weight is 856 g/mol. The molecule has 1 unspecified atom stereocenters. The van der Waals surface area contributed by atoms with Crippen LogP contribution in [0.5, 0.6) is 0 Å². The molecule has 6 atom stereocenters. The molecule has 0 fully saturated rings. The van der Waals surface area contributed by atoms with Crippen LogP contribution in [0.2, 0.25) is 22.8 Å². The maximum atomic E-state index is 12.1. The monoisotopic (exact) mass is 856 g/mol. The van der Waals surface area contributed by atoms with Gasteiger partial charge < -0.3 is 0 Å². The molecule has 7 nitrogen and oxygen atoms in total. The van der Waals surface area contributed by atoms with Crippen LogP contribution in [0, 0.1) is 0 Å². The Balaban J connectivity index is 1.52. The van der Waals surface area contributed by atoms with Crippen LogP contribution in [0.4, 0.5) is 0 Å². The molecule has 9 heteroatoms. The number of rotatable bonds is 22. The van der Waals surface area contributed by atoms with Gasteiger partial charge in [-0.1, -0.05) is 81.4 Å².